The number of nitriles is 1. The molecule has 0 saturated heterocycles. The highest BCUT2D eigenvalue weighted by Gasteiger charge is 2.32. The Morgan fingerprint density at radius 3 is 2.26 bits per heavy atom. The number of methoxy groups -OCH3 is 1. The molecular formula is C24H22F3N5O2. The molecule has 0 spiro atoms. The lowest BCUT2D eigenvalue weighted by Crippen LogP contribution is -2.38. The van der Waals surface area contributed by atoms with Gasteiger partial charge in [-0.25, -0.2) is 9.97 Å². The molecule has 176 valence electrons. The van der Waals surface area contributed by atoms with Crippen molar-refractivity contribution in [3.8, 4) is 17.8 Å². The van der Waals surface area contributed by atoms with Crippen molar-refractivity contribution in [2.24, 2.45) is 0 Å². The molecule has 2 aromatic heterocycles. The van der Waals surface area contributed by atoms with Gasteiger partial charge < -0.3 is 14.4 Å². The van der Waals surface area contributed by atoms with Gasteiger partial charge in [0.15, 0.2) is 0 Å². The number of ether oxygens (including phenoxy) is 2. The second-order valence-corrected chi connectivity index (χ2v) is 7.88. The number of aromatic nitrogens is 3. The number of alkyl halides is 3. The quantitative estimate of drug-likeness (QED) is 0.484. The monoisotopic (exact) mass is 469 g/mol. The van der Waals surface area contributed by atoms with Crippen molar-refractivity contribution in [1.29, 1.82) is 5.26 Å². The van der Waals surface area contributed by atoms with E-state index in [0.29, 0.717) is 35.5 Å². The SMILES string of the molecule is COc1ccncc1N(c1ccc(C(F)(F)F)cc1)C1CCC(Oc2ncc(C#N)cn2)CC1. The van der Waals surface area contributed by atoms with Gasteiger partial charge in [0.05, 0.1) is 36.8 Å². The van der Waals surface area contributed by atoms with Crippen LogP contribution in [0.1, 0.15) is 36.8 Å². The van der Waals surface area contributed by atoms with Gasteiger partial charge in [0.1, 0.15) is 23.6 Å². The van der Waals surface area contributed by atoms with Crippen LogP contribution in [0.25, 0.3) is 0 Å². The van der Waals surface area contributed by atoms with Gasteiger partial charge in [-0.2, -0.15) is 18.4 Å². The number of pyridine rings is 1. The Labute approximate surface area is 194 Å². The van der Waals surface area contributed by atoms with Crippen molar-refractivity contribution in [1.82, 2.24) is 15.0 Å². The first kappa shape index (κ1) is 23.3. The molecule has 3 aromatic rings. The van der Waals surface area contributed by atoms with Gasteiger partial charge >= 0.3 is 12.2 Å². The Kier molecular flexibility index (Phi) is 6.82. The minimum atomic E-state index is -4.40. The Balaban J connectivity index is 1.54. The summed E-state index contributed by atoms with van der Waals surface area (Å²) in [6.07, 6.45) is 4.43. The Bertz CT molecular complexity index is 1140. The van der Waals surface area contributed by atoms with Gasteiger partial charge in [0.25, 0.3) is 0 Å². The summed E-state index contributed by atoms with van der Waals surface area (Å²) in [5.41, 5.74) is 0.964. The van der Waals surface area contributed by atoms with Crippen molar-refractivity contribution in [3.05, 3.63) is 66.2 Å². The van der Waals surface area contributed by atoms with Crippen LogP contribution in [0, 0.1) is 11.3 Å². The van der Waals surface area contributed by atoms with E-state index in [4.69, 9.17) is 14.7 Å². The summed E-state index contributed by atoms with van der Waals surface area (Å²) < 4.78 is 50.7. The van der Waals surface area contributed by atoms with E-state index in [2.05, 4.69) is 15.0 Å². The maximum Gasteiger partial charge on any atom is 0.416 e. The molecule has 0 N–H and O–H groups in total. The van der Waals surface area contributed by atoms with Crippen LogP contribution in [0.3, 0.4) is 0 Å². The summed E-state index contributed by atoms with van der Waals surface area (Å²) in [7, 11) is 1.55. The summed E-state index contributed by atoms with van der Waals surface area (Å²) in [6.45, 7) is 0. The number of nitrogens with zero attached hydrogens (tertiary/aromatic N) is 5. The minimum Gasteiger partial charge on any atom is -0.494 e. The van der Waals surface area contributed by atoms with Gasteiger partial charge in [0.2, 0.25) is 0 Å². The molecule has 0 atom stereocenters. The fourth-order valence-corrected chi connectivity index (χ4v) is 4.09. The molecule has 10 heteroatoms. The highest BCUT2D eigenvalue weighted by atomic mass is 19.4. The summed E-state index contributed by atoms with van der Waals surface area (Å²) in [5, 5.41) is 8.87. The van der Waals surface area contributed by atoms with E-state index in [0.717, 1.165) is 25.0 Å². The van der Waals surface area contributed by atoms with Crippen molar-refractivity contribution in [2.75, 3.05) is 12.0 Å². The van der Waals surface area contributed by atoms with Crippen LogP contribution in [0.2, 0.25) is 0 Å². The Morgan fingerprint density at radius 2 is 1.68 bits per heavy atom. The molecule has 1 aliphatic rings. The summed E-state index contributed by atoms with van der Waals surface area (Å²) in [4.78, 5) is 14.3. The summed E-state index contributed by atoms with van der Waals surface area (Å²) >= 11 is 0. The second-order valence-electron chi connectivity index (χ2n) is 7.88. The van der Waals surface area contributed by atoms with Crippen LogP contribution in [-0.2, 0) is 6.18 Å². The van der Waals surface area contributed by atoms with Crippen molar-refractivity contribution < 1.29 is 22.6 Å². The average molecular weight is 469 g/mol. The Morgan fingerprint density at radius 1 is 1.00 bits per heavy atom. The smallest absolute Gasteiger partial charge is 0.416 e. The predicted molar refractivity (Wildman–Crippen MR) is 118 cm³/mol. The fraction of sp³-hybridized carbons (Fsp3) is 0.333. The third-order valence-electron chi connectivity index (χ3n) is 5.75. The zero-order valence-corrected chi connectivity index (χ0v) is 18.4. The highest BCUT2D eigenvalue weighted by molar-refractivity contribution is 5.69. The van der Waals surface area contributed by atoms with E-state index in [1.807, 2.05) is 11.0 Å². The fourth-order valence-electron chi connectivity index (χ4n) is 4.09. The molecule has 0 unspecified atom stereocenters. The number of anilines is 2. The third-order valence-corrected chi connectivity index (χ3v) is 5.75. The van der Waals surface area contributed by atoms with Gasteiger partial charge in [-0.3, -0.25) is 4.98 Å². The maximum absolute atomic E-state index is 13.1. The molecule has 1 fully saturated rings. The third kappa shape index (κ3) is 5.20. The zero-order chi connectivity index (χ0) is 24.1. The first-order valence-corrected chi connectivity index (χ1v) is 10.7. The molecular weight excluding hydrogens is 447 g/mol. The predicted octanol–water partition coefficient (Wildman–Crippen LogP) is 5.30. The van der Waals surface area contributed by atoms with E-state index >= 15 is 0 Å². The van der Waals surface area contributed by atoms with Gasteiger partial charge in [-0.15, -0.1) is 0 Å². The Hall–Kier alpha value is -3.87. The van der Waals surface area contributed by atoms with Crippen molar-refractivity contribution in [3.63, 3.8) is 0 Å². The highest BCUT2D eigenvalue weighted by Crippen LogP contribution is 2.40. The van der Waals surface area contributed by atoms with E-state index in [1.54, 1.807) is 25.6 Å². The number of hydrogen-bond donors (Lipinski definition) is 0. The second kappa shape index (κ2) is 9.95. The molecule has 0 amide bonds. The molecule has 0 bridgehead atoms. The molecule has 2 heterocycles. The zero-order valence-electron chi connectivity index (χ0n) is 18.4. The lowest BCUT2D eigenvalue weighted by Gasteiger charge is -2.38. The largest absolute Gasteiger partial charge is 0.494 e. The number of benzene rings is 1. The van der Waals surface area contributed by atoms with Crippen molar-refractivity contribution in [2.45, 2.75) is 44.0 Å². The van der Waals surface area contributed by atoms with Crippen LogP contribution < -0.4 is 14.4 Å². The molecule has 7 nitrogen and oxygen atoms in total. The van der Waals surface area contributed by atoms with Crippen LogP contribution in [0.4, 0.5) is 24.5 Å². The maximum atomic E-state index is 13.1. The lowest BCUT2D eigenvalue weighted by atomic mass is 9.91. The molecule has 1 aliphatic carbocycles. The minimum absolute atomic E-state index is 0.00318. The first-order valence-electron chi connectivity index (χ1n) is 10.7. The molecule has 4 rings (SSSR count). The molecule has 0 radical (unpaired) electrons. The number of hydrogen-bond acceptors (Lipinski definition) is 7. The van der Waals surface area contributed by atoms with Gasteiger partial charge in [0, 0.05) is 24.0 Å². The van der Waals surface area contributed by atoms with Gasteiger partial charge in [-0.1, -0.05) is 0 Å². The van der Waals surface area contributed by atoms with E-state index in [9.17, 15) is 13.2 Å². The summed E-state index contributed by atoms with van der Waals surface area (Å²) in [5.74, 6) is 0.583. The summed E-state index contributed by atoms with van der Waals surface area (Å²) in [6, 6.07) is 9.03. The van der Waals surface area contributed by atoms with E-state index < -0.39 is 11.7 Å². The molecule has 0 aliphatic heterocycles. The average Bonchev–Trinajstić information content (AvgIpc) is 2.86. The van der Waals surface area contributed by atoms with E-state index in [1.165, 1.54) is 24.5 Å². The molecule has 1 aromatic carbocycles. The molecule has 1 saturated carbocycles. The normalized spacial score (nSPS) is 18.1. The van der Waals surface area contributed by atoms with Crippen molar-refractivity contribution >= 4 is 11.4 Å². The number of rotatable bonds is 6. The van der Waals surface area contributed by atoms with E-state index in [-0.39, 0.29) is 18.2 Å². The first-order chi connectivity index (χ1) is 16.4. The lowest BCUT2D eigenvalue weighted by molar-refractivity contribution is -0.137. The van der Waals surface area contributed by atoms with Crippen LogP contribution in [0.15, 0.2) is 55.1 Å². The topological polar surface area (TPSA) is 84.2 Å². The molecule has 34 heavy (non-hydrogen) atoms. The standard InChI is InChI=1S/C24H22F3N5O2/c1-33-22-10-11-29-15-21(22)32(18-4-2-17(3-5-18)24(25,26)27)19-6-8-20(9-7-19)34-23-30-13-16(12-28)14-31-23/h2-5,10-11,13-15,19-20H,6-9H2,1H3. The van der Waals surface area contributed by atoms with Crippen LogP contribution in [-0.4, -0.2) is 34.2 Å². The van der Waals surface area contributed by atoms with Crippen LogP contribution >= 0.6 is 0 Å². The van der Waals surface area contributed by atoms with Crippen LogP contribution in [0.5, 0.6) is 11.8 Å². The number of halogens is 3. The van der Waals surface area contributed by atoms with Gasteiger partial charge in [-0.05, 0) is 49.9 Å².